The second-order valence-corrected chi connectivity index (χ2v) is 4.70. The average Bonchev–Trinajstić information content (AvgIpc) is 2.77. The van der Waals surface area contributed by atoms with Crippen molar-refractivity contribution in [1.82, 2.24) is 0 Å². The Labute approximate surface area is 101 Å². The number of nitrogens with zero attached hydrogens (tertiary/aromatic N) is 1. The third kappa shape index (κ3) is 2.32. The predicted octanol–water partition coefficient (Wildman–Crippen LogP) is 1.62. The van der Waals surface area contributed by atoms with Gasteiger partial charge in [0.25, 0.3) is 0 Å². The monoisotopic (exact) mass is 240 g/mol. The fraction of sp³-hybridized carbons (Fsp3) is 0.500. The molecule has 0 spiro atoms. The van der Waals surface area contributed by atoms with Gasteiger partial charge in [-0.15, -0.1) is 0 Å². The van der Waals surface area contributed by atoms with Crippen molar-refractivity contribution in [3.63, 3.8) is 0 Å². The molecular formula is C12H17ClN2O. The Morgan fingerprint density at radius 3 is 2.94 bits per heavy atom. The number of nitrogens with two attached hydrogens (primary N) is 1. The highest BCUT2D eigenvalue weighted by atomic mass is 35.5. The van der Waals surface area contributed by atoms with Gasteiger partial charge in [0.05, 0.1) is 0 Å². The largest absolute Gasteiger partial charge is 0.396 e. The first kappa shape index (κ1) is 11.7. The fourth-order valence-corrected chi connectivity index (χ4v) is 2.37. The minimum absolute atomic E-state index is 0.259. The smallest absolute Gasteiger partial charge is 0.0476 e. The van der Waals surface area contributed by atoms with Gasteiger partial charge in [-0.05, 0) is 24.1 Å². The summed E-state index contributed by atoms with van der Waals surface area (Å²) in [5.41, 5.74) is 7.95. The van der Waals surface area contributed by atoms with E-state index in [1.165, 1.54) is 0 Å². The zero-order valence-electron chi connectivity index (χ0n) is 9.19. The molecule has 1 aliphatic heterocycles. The van der Waals surface area contributed by atoms with Crippen LogP contribution < -0.4 is 10.6 Å². The molecule has 0 aromatic heterocycles. The number of halogens is 1. The number of rotatable bonds is 3. The standard InChI is InChI=1S/C12H17ClN2O/c13-11-2-1-10(6-14)12(5-11)15-4-3-9(7-15)8-16/h1-2,5,9,16H,3-4,6-8,14H2. The van der Waals surface area contributed by atoms with Gasteiger partial charge >= 0.3 is 0 Å². The molecule has 88 valence electrons. The molecule has 0 saturated carbocycles. The molecule has 1 atom stereocenters. The normalized spacial score (nSPS) is 20.4. The molecule has 0 radical (unpaired) electrons. The minimum Gasteiger partial charge on any atom is -0.396 e. The van der Waals surface area contributed by atoms with E-state index in [1.54, 1.807) is 0 Å². The Hall–Kier alpha value is -0.770. The maximum absolute atomic E-state index is 9.13. The molecule has 2 rings (SSSR count). The van der Waals surface area contributed by atoms with E-state index in [0.717, 1.165) is 35.8 Å². The number of benzene rings is 1. The number of aliphatic hydroxyl groups is 1. The van der Waals surface area contributed by atoms with Crippen molar-refractivity contribution < 1.29 is 5.11 Å². The lowest BCUT2D eigenvalue weighted by Crippen LogP contribution is -2.22. The summed E-state index contributed by atoms with van der Waals surface area (Å²) in [7, 11) is 0. The van der Waals surface area contributed by atoms with Crippen LogP contribution in [0.5, 0.6) is 0 Å². The van der Waals surface area contributed by atoms with Crippen molar-refractivity contribution in [2.45, 2.75) is 13.0 Å². The van der Waals surface area contributed by atoms with Crippen molar-refractivity contribution in [1.29, 1.82) is 0 Å². The molecule has 1 aromatic carbocycles. The van der Waals surface area contributed by atoms with Crippen molar-refractivity contribution in [2.24, 2.45) is 11.7 Å². The van der Waals surface area contributed by atoms with E-state index < -0.39 is 0 Å². The molecule has 3 nitrogen and oxygen atoms in total. The van der Waals surface area contributed by atoms with Crippen LogP contribution in [0.25, 0.3) is 0 Å². The molecule has 3 N–H and O–H groups in total. The Balaban J connectivity index is 2.22. The fourth-order valence-electron chi connectivity index (χ4n) is 2.20. The van der Waals surface area contributed by atoms with E-state index in [2.05, 4.69) is 4.90 Å². The molecule has 1 aromatic rings. The summed E-state index contributed by atoms with van der Waals surface area (Å²) in [6.07, 6.45) is 1.03. The molecule has 16 heavy (non-hydrogen) atoms. The summed E-state index contributed by atoms with van der Waals surface area (Å²) in [4.78, 5) is 2.26. The third-order valence-corrected chi connectivity index (χ3v) is 3.39. The van der Waals surface area contributed by atoms with Crippen molar-refractivity contribution in [3.05, 3.63) is 28.8 Å². The summed E-state index contributed by atoms with van der Waals surface area (Å²) in [6.45, 7) is 2.64. The first-order chi connectivity index (χ1) is 7.74. The van der Waals surface area contributed by atoms with Gasteiger partial charge in [0.2, 0.25) is 0 Å². The van der Waals surface area contributed by atoms with E-state index in [0.29, 0.717) is 12.5 Å². The van der Waals surface area contributed by atoms with Crippen LogP contribution in [0.2, 0.25) is 5.02 Å². The average molecular weight is 241 g/mol. The van der Waals surface area contributed by atoms with Gasteiger partial charge in [-0.1, -0.05) is 17.7 Å². The van der Waals surface area contributed by atoms with Crippen molar-refractivity contribution >= 4 is 17.3 Å². The first-order valence-electron chi connectivity index (χ1n) is 5.59. The summed E-state index contributed by atoms with van der Waals surface area (Å²) < 4.78 is 0. The maximum atomic E-state index is 9.13. The van der Waals surface area contributed by atoms with E-state index in [-0.39, 0.29) is 6.61 Å². The minimum atomic E-state index is 0.259. The molecule has 0 bridgehead atoms. The van der Waals surface area contributed by atoms with Crippen LogP contribution >= 0.6 is 11.6 Å². The van der Waals surface area contributed by atoms with Gasteiger partial charge in [-0.25, -0.2) is 0 Å². The number of hydrogen-bond acceptors (Lipinski definition) is 3. The van der Waals surface area contributed by atoms with E-state index >= 15 is 0 Å². The third-order valence-electron chi connectivity index (χ3n) is 3.15. The lowest BCUT2D eigenvalue weighted by atomic mass is 10.1. The van der Waals surface area contributed by atoms with Crippen LogP contribution in [0.1, 0.15) is 12.0 Å². The second kappa shape index (κ2) is 5.04. The van der Waals surface area contributed by atoms with Gasteiger partial charge in [-0.2, -0.15) is 0 Å². The summed E-state index contributed by atoms with van der Waals surface area (Å²) >= 11 is 6.01. The predicted molar refractivity (Wildman–Crippen MR) is 66.7 cm³/mol. The molecule has 1 saturated heterocycles. The molecule has 0 amide bonds. The lowest BCUT2D eigenvalue weighted by Gasteiger charge is -2.21. The number of aliphatic hydroxyl groups excluding tert-OH is 1. The zero-order chi connectivity index (χ0) is 11.5. The van der Waals surface area contributed by atoms with E-state index in [9.17, 15) is 0 Å². The molecule has 4 heteroatoms. The first-order valence-corrected chi connectivity index (χ1v) is 5.96. The van der Waals surface area contributed by atoms with Gasteiger partial charge < -0.3 is 15.7 Å². The number of hydrogen-bond donors (Lipinski definition) is 2. The Kier molecular flexibility index (Phi) is 3.69. The summed E-state index contributed by atoms with van der Waals surface area (Å²) in [5, 5.41) is 9.87. The highest BCUT2D eigenvalue weighted by Gasteiger charge is 2.23. The van der Waals surface area contributed by atoms with Crippen LogP contribution in [0.15, 0.2) is 18.2 Å². The molecule has 1 unspecified atom stereocenters. The van der Waals surface area contributed by atoms with E-state index in [4.69, 9.17) is 22.4 Å². The van der Waals surface area contributed by atoms with E-state index in [1.807, 2.05) is 18.2 Å². The van der Waals surface area contributed by atoms with Crippen molar-refractivity contribution in [3.8, 4) is 0 Å². The second-order valence-electron chi connectivity index (χ2n) is 4.26. The highest BCUT2D eigenvalue weighted by molar-refractivity contribution is 6.30. The van der Waals surface area contributed by atoms with Gasteiger partial charge in [0.1, 0.15) is 0 Å². The molecule has 1 aliphatic rings. The van der Waals surface area contributed by atoms with Crippen LogP contribution in [0.4, 0.5) is 5.69 Å². The molecular weight excluding hydrogens is 224 g/mol. The number of anilines is 1. The Bertz CT molecular complexity index is 370. The molecule has 1 fully saturated rings. The summed E-state index contributed by atoms with van der Waals surface area (Å²) in [6, 6.07) is 5.81. The zero-order valence-corrected chi connectivity index (χ0v) is 9.95. The topological polar surface area (TPSA) is 49.5 Å². The molecule has 1 heterocycles. The van der Waals surface area contributed by atoms with Gasteiger partial charge in [0, 0.05) is 42.9 Å². The lowest BCUT2D eigenvalue weighted by molar-refractivity contribution is 0.238. The quantitative estimate of drug-likeness (QED) is 0.844. The maximum Gasteiger partial charge on any atom is 0.0476 e. The SMILES string of the molecule is NCc1ccc(Cl)cc1N1CCC(CO)C1. The summed E-state index contributed by atoms with van der Waals surface area (Å²) in [5.74, 6) is 0.379. The van der Waals surface area contributed by atoms with Crippen LogP contribution in [-0.4, -0.2) is 24.8 Å². The van der Waals surface area contributed by atoms with Crippen LogP contribution in [0.3, 0.4) is 0 Å². The van der Waals surface area contributed by atoms with Crippen LogP contribution in [0, 0.1) is 5.92 Å². The molecule has 0 aliphatic carbocycles. The van der Waals surface area contributed by atoms with Gasteiger partial charge in [-0.3, -0.25) is 0 Å². The highest BCUT2D eigenvalue weighted by Crippen LogP contribution is 2.29. The van der Waals surface area contributed by atoms with Crippen LogP contribution in [-0.2, 0) is 6.54 Å². The Morgan fingerprint density at radius 2 is 2.31 bits per heavy atom. The van der Waals surface area contributed by atoms with Crippen molar-refractivity contribution in [2.75, 3.05) is 24.6 Å². The Morgan fingerprint density at radius 1 is 1.50 bits per heavy atom. The van der Waals surface area contributed by atoms with Gasteiger partial charge in [0.15, 0.2) is 0 Å².